The molecule has 0 amide bonds. The molecule has 4 atom stereocenters. The molecule has 4 unspecified atom stereocenters. The third-order valence-corrected chi connectivity index (χ3v) is 8.63. The van der Waals surface area contributed by atoms with Crippen molar-refractivity contribution in [1.82, 2.24) is 19.5 Å². The number of anilines is 1. The summed E-state index contributed by atoms with van der Waals surface area (Å²) in [7, 11) is 0. The van der Waals surface area contributed by atoms with E-state index in [1.165, 1.54) is 42.9 Å². The van der Waals surface area contributed by atoms with Gasteiger partial charge in [-0.1, -0.05) is 0 Å². The minimum absolute atomic E-state index is 0.149. The Bertz CT molecular complexity index is 710. The maximum Gasteiger partial charge on any atom is 0.167 e. The molecule has 0 bridgehead atoms. The van der Waals surface area contributed by atoms with Crippen LogP contribution in [0.4, 0.5) is 5.82 Å². The zero-order valence-corrected chi connectivity index (χ0v) is 19.4. The summed E-state index contributed by atoms with van der Waals surface area (Å²) >= 11 is 0.149. The van der Waals surface area contributed by atoms with E-state index in [-0.39, 0.29) is 27.0 Å². The first-order valence-electron chi connectivity index (χ1n) is 9.81. The van der Waals surface area contributed by atoms with Crippen molar-refractivity contribution >= 4 is 38.1 Å². The molecule has 0 aromatic carbocycles. The van der Waals surface area contributed by atoms with E-state index in [1.54, 1.807) is 8.87 Å². The fraction of sp³-hybridized carbons (Fsp3) is 0.722. The van der Waals surface area contributed by atoms with Crippen LogP contribution in [0.2, 0.25) is 8.87 Å². The summed E-state index contributed by atoms with van der Waals surface area (Å²) in [6, 6.07) is 0. The number of nitrogens with two attached hydrogens (primary N) is 1. The van der Waals surface area contributed by atoms with Crippen molar-refractivity contribution in [3.63, 3.8) is 0 Å². The molecule has 2 radical (unpaired) electrons. The van der Waals surface area contributed by atoms with Gasteiger partial charge in [0.1, 0.15) is 30.2 Å². The van der Waals surface area contributed by atoms with Gasteiger partial charge in [-0.25, -0.2) is 15.0 Å². The summed E-state index contributed by atoms with van der Waals surface area (Å²) in [6.45, 7) is 4.19. The molecule has 5 N–H and O–H groups in total. The second-order valence-electron chi connectivity index (χ2n) is 6.77. The largest absolute Gasteiger partial charge is 0.394 e. The zero-order chi connectivity index (χ0) is 20.5. The number of aliphatic hydroxyl groups excluding tert-OH is 3. The molecule has 1 aliphatic heterocycles. The summed E-state index contributed by atoms with van der Waals surface area (Å²) in [5.41, 5.74) is 6.44. The topological polar surface area (TPSA) is 140 Å². The maximum atomic E-state index is 9.95. The van der Waals surface area contributed by atoms with Gasteiger partial charge in [0.05, 0.1) is 12.9 Å². The molecule has 10 heteroatoms. The van der Waals surface area contributed by atoms with E-state index in [0.717, 1.165) is 0 Å². The molecule has 3 rings (SSSR count). The number of nitrogen functional groups attached to an aromatic ring is 1. The van der Waals surface area contributed by atoms with Crippen molar-refractivity contribution in [3.05, 3.63) is 12.7 Å². The van der Waals surface area contributed by atoms with E-state index in [1.807, 2.05) is 0 Å². The number of aromatic nitrogens is 4. The fourth-order valence-corrected chi connectivity index (χ4v) is 7.05. The first kappa shape index (κ1) is 23.3. The van der Waals surface area contributed by atoms with Gasteiger partial charge >= 0.3 is 69.5 Å². The number of ether oxygens (including phenoxy) is 1. The number of unbranched alkanes of at least 4 members (excludes halogenated alkanes) is 2. The summed E-state index contributed by atoms with van der Waals surface area (Å²) in [4.78, 5) is 11.9. The van der Waals surface area contributed by atoms with Crippen molar-refractivity contribution in [2.75, 3.05) is 12.3 Å². The average molecular weight is 500 g/mol. The van der Waals surface area contributed by atoms with E-state index in [4.69, 9.17) is 15.6 Å². The standard InChI is InChI=1S/C10H13N5O4.2C4H9.Sn/c11-8-5-9(13-2-12-8)15(3-14-5)10-7(18)6(17)4(1-16)19-10;2*1-3-4-2;/h2-4,6-7,10,16-18H,1H2,(H2,11,12,13);2*1,3-4H2,2H3;. The Morgan fingerprint density at radius 3 is 2.36 bits per heavy atom. The molecular weight excluding hydrogens is 469 g/mol. The Hall–Kier alpha value is -1.01. The molecule has 3 heterocycles. The Kier molecular flexibility index (Phi) is 9.86. The van der Waals surface area contributed by atoms with Gasteiger partial charge in [-0.05, 0) is 0 Å². The maximum absolute atomic E-state index is 9.95. The van der Waals surface area contributed by atoms with Gasteiger partial charge in [-0.2, -0.15) is 0 Å². The summed E-state index contributed by atoms with van der Waals surface area (Å²) < 4.78 is 10.1. The molecule has 1 aliphatic rings. The van der Waals surface area contributed by atoms with Crippen molar-refractivity contribution in [1.29, 1.82) is 0 Å². The SMILES string of the molecule is CCC[CH2][Sn][CH2]CCC.Nc1ncnc2c1ncn2C1OC(CO)C(O)C1O. The summed E-state index contributed by atoms with van der Waals surface area (Å²) in [5, 5.41) is 28.7. The van der Waals surface area contributed by atoms with Crippen molar-refractivity contribution in [2.45, 2.75) is 72.9 Å². The molecule has 9 nitrogen and oxygen atoms in total. The quantitative estimate of drug-likeness (QED) is 0.313. The van der Waals surface area contributed by atoms with Crippen LogP contribution in [-0.2, 0) is 4.74 Å². The molecule has 0 spiro atoms. The van der Waals surface area contributed by atoms with E-state index < -0.39 is 31.1 Å². The van der Waals surface area contributed by atoms with Crippen LogP contribution in [0.5, 0.6) is 0 Å². The van der Waals surface area contributed by atoms with Gasteiger partial charge in [0.15, 0.2) is 17.7 Å². The molecule has 1 fully saturated rings. The molecule has 0 aliphatic carbocycles. The van der Waals surface area contributed by atoms with Crippen LogP contribution in [0, 0.1) is 0 Å². The molecule has 1 saturated heterocycles. The predicted octanol–water partition coefficient (Wildman–Crippen LogP) is 1.15. The number of rotatable bonds is 8. The first-order chi connectivity index (χ1) is 13.5. The number of hydrogen-bond donors (Lipinski definition) is 4. The predicted molar refractivity (Wildman–Crippen MR) is 108 cm³/mol. The van der Waals surface area contributed by atoms with E-state index in [9.17, 15) is 10.2 Å². The van der Waals surface area contributed by atoms with Gasteiger partial charge in [-0.3, -0.25) is 4.57 Å². The van der Waals surface area contributed by atoms with E-state index in [0.29, 0.717) is 11.2 Å². The Balaban J connectivity index is 0.000000266. The van der Waals surface area contributed by atoms with Crippen LogP contribution >= 0.6 is 0 Å². The Morgan fingerprint density at radius 2 is 1.79 bits per heavy atom. The first-order valence-corrected chi connectivity index (χ1v) is 13.8. The number of imidazole rings is 1. The van der Waals surface area contributed by atoms with Crippen LogP contribution < -0.4 is 5.73 Å². The average Bonchev–Trinajstić information content (AvgIpc) is 3.25. The van der Waals surface area contributed by atoms with Crippen molar-refractivity contribution < 1.29 is 20.1 Å². The second kappa shape index (κ2) is 11.9. The normalized spacial score (nSPS) is 24.3. The summed E-state index contributed by atoms with van der Waals surface area (Å²) in [5.74, 6) is 0.218. The van der Waals surface area contributed by atoms with Crippen LogP contribution in [0.15, 0.2) is 12.7 Å². The van der Waals surface area contributed by atoms with Gasteiger partial charge in [0.25, 0.3) is 0 Å². The molecule has 28 heavy (non-hydrogen) atoms. The molecular formula is C18H31N5O4Sn. The van der Waals surface area contributed by atoms with Gasteiger partial charge in [-0.15, -0.1) is 0 Å². The van der Waals surface area contributed by atoms with Crippen LogP contribution in [0.25, 0.3) is 11.2 Å². The third kappa shape index (κ3) is 5.75. The summed E-state index contributed by atoms with van der Waals surface area (Å²) in [6.07, 6.45) is 4.42. The smallest absolute Gasteiger partial charge is 0.167 e. The zero-order valence-electron chi connectivity index (χ0n) is 16.5. The molecule has 156 valence electrons. The van der Waals surface area contributed by atoms with Gasteiger partial charge < -0.3 is 25.8 Å². The van der Waals surface area contributed by atoms with Gasteiger partial charge in [0, 0.05) is 0 Å². The minimum Gasteiger partial charge on any atom is -0.394 e. The number of aliphatic hydroxyl groups is 3. The molecule has 0 saturated carbocycles. The fourth-order valence-electron chi connectivity index (χ4n) is 2.89. The van der Waals surface area contributed by atoms with Crippen molar-refractivity contribution in [2.24, 2.45) is 0 Å². The third-order valence-electron chi connectivity index (χ3n) is 4.59. The van der Waals surface area contributed by atoms with Crippen LogP contribution in [0.1, 0.15) is 45.8 Å². The van der Waals surface area contributed by atoms with Gasteiger partial charge in [0.2, 0.25) is 0 Å². The monoisotopic (exact) mass is 501 g/mol. The molecule has 2 aromatic heterocycles. The van der Waals surface area contributed by atoms with Crippen molar-refractivity contribution in [3.8, 4) is 0 Å². The van der Waals surface area contributed by atoms with Crippen LogP contribution in [0.3, 0.4) is 0 Å². The number of fused-ring (bicyclic) bond motifs is 1. The second-order valence-corrected chi connectivity index (χ2v) is 11.1. The molecule has 2 aromatic rings. The Morgan fingerprint density at radius 1 is 1.11 bits per heavy atom. The van der Waals surface area contributed by atoms with E-state index >= 15 is 0 Å². The van der Waals surface area contributed by atoms with E-state index in [2.05, 4.69) is 28.8 Å². The number of nitrogens with zero attached hydrogens (tertiary/aromatic N) is 4. The number of hydrogen-bond acceptors (Lipinski definition) is 8. The minimum atomic E-state index is -1.19. The van der Waals surface area contributed by atoms with Crippen LogP contribution in [-0.4, -0.2) is 80.9 Å². The Labute approximate surface area is 175 Å².